The number of hydrogen-bond acceptors (Lipinski definition) is 5. The van der Waals surface area contributed by atoms with Gasteiger partial charge in [0.2, 0.25) is 0 Å². The highest BCUT2D eigenvalue weighted by atomic mass is 15.0. The van der Waals surface area contributed by atoms with E-state index in [4.69, 9.17) is 24.9 Å². The van der Waals surface area contributed by atoms with Crippen LogP contribution >= 0.6 is 0 Å². The Morgan fingerprint density at radius 1 is 0.269 bits per heavy atom. The van der Waals surface area contributed by atoms with Gasteiger partial charge >= 0.3 is 0 Å². The summed E-state index contributed by atoms with van der Waals surface area (Å²) in [5, 5.41) is 2.27. The summed E-state index contributed by atoms with van der Waals surface area (Å²) in [6.45, 7) is 0. The molecular weight excluding hydrogens is 635 g/mol. The molecule has 0 saturated carbocycles. The molecule has 0 aliphatic heterocycles. The standard InChI is InChI=1S/C47H31N5/c1-5-16-33(17-6-1)41-31-42(34-18-7-2-8-19-34)49-47(48-41)40-30-29-32-15-13-14-24-39(32)43(40)35-25-27-38(28-26-35)46-51-44(36-20-9-3-10-21-36)50-45(52-46)37-22-11-4-12-23-37/h1-31H. The van der Waals surface area contributed by atoms with Crippen molar-refractivity contribution in [2.75, 3.05) is 0 Å². The fraction of sp³-hybridized carbons (Fsp3) is 0. The van der Waals surface area contributed by atoms with Gasteiger partial charge in [-0.15, -0.1) is 0 Å². The first-order valence-electron chi connectivity index (χ1n) is 17.3. The lowest BCUT2D eigenvalue weighted by molar-refractivity contribution is 1.07. The van der Waals surface area contributed by atoms with Crippen LogP contribution in [0.3, 0.4) is 0 Å². The molecule has 2 heterocycles. The summed E-state index contributed by atoms with van der Waals surface area (Å²) in [6.07, 6.45) is 0. The maximum atomic E-state index is 5.20. The van der Waals surface area contributed by atoms with Crippen LogP contribution in [0.1, 0.15) is 0 Å². The summed E-state index contributed by atoms with van der Waals surface area (Å²) in [6, 6.07) is 64.0. The number of nitrogens with zero attached hydrogens (tertiary/aromatic N) is 5. The zero-order valence-corrected chi connectivity index (χ0v) is 28.1. The Bertz CT molecular complexity index is 2530. The molecule has 0 unspecified atom stereocenters. The van der Waals surface area contributed by atoms with Crippen molar-refractivity contribution < 1.29 is 0 Å². The molecule has 2 aromatic heterocycles. The molecule has 0 saturated heterocycles. The van der Waals surface area contributed by atoms with Gasteiger partial charge in [0.25, 0.3) is 0 Å². The molecule has 5 nitrogen and oxygen atoms in total. The molecule has 0 spiro atoms. The van der Waals surface area contributed by atoms with Crippen molar-refractivity contribution >= 4 is 10.8 Å². The highest BCUT2D eigenvalue weighted by molar-refractivity contribution is 6.03. The van der Waals surface area contributed by atoms with E-state index in [2.05, 4.69) is 91.0 Å². The van der Waals surface area contributed by atoms with Crippen molar-refractivity contribution in [3.63, 3.8) is 0 Å². The summed E-state index contributed by atoms with van der Waals surface area (Å²) in [4.78, 5) is 25.2. The first kappa shape index (κ1) is 30.9. The van der Waals surface area contributed by atoms with Gasteiger partial charge in [0, 0.05) is 38.9 Å². The fourth-order valence-electron chi connectivity index (χ4n) is 6.57. The van der Waals surface area contributed by atoms with Crippen molar-refractivity contribution in [2.24, 2.45) is 0 Å². The molecule has 0 amide bonds. The second-order valence-electron chi connectivity index (χ2n) is 12.5. The third kappa shape index (κ3) is 6.12. The van der Waals surface area contributed by atoms with Crippen LogP contribution in [-0.4, -0.2) is 24.9 Å². The minimum Gasteiger partial charge on any atom is -0.228 e. The lowest BCUT2D eigenvalue weighted by atomic mass is 9.92. The second-order valence-corrected chi connectivity index (χ2v) is 12.5. The average molecular weight is 666 g/mol. The van der Waals surface area contributed by atoms with Crippen molar-refractivity contribution in [3.8, 4) is 79.2 Å². The third-order valence-corrected chi connectivity index (χ3v) is 9.17. The predicted octanol–water partition coefficient (Wildman–Crippen LogP) is 11.5. The average Bonchev–Trinajstić information content (AvgIpc) is 3.24. The number of hydrogen-bond donors (Lipinski definition) is 0. The van der Waals surface area contributed by atoms with Gasteiger partial charge in [0.15, 0.2) is 23.3 Å². The number of benzene rings is 7. The van der Waals surface area contributed by atoms with Gasteiger partial charge in [-0.3, -0.25) is 0 Å². The summed E-state index contributed by atoms with van der Waals surface area (Å²) in [5.41, 5.74) is 9.67. The molecular formula is C47H31N5. The summed E-state index contributed by atoms with van der Waals surface area (Å²) < 4.78 is 0. The maximum absolute atomic E-state index is 5.20. The minimum absolute atomic E-state index is 0.615. The van der Waals surface area contributed by atoms with Crippen LogP contribution in [0.4, 0.5) is 0 Å². The Morgan fingerprint density at radius 3 is 1.17 bits per heavy atom. The molecule has 0 atom stereocenters. The van der Waals surface area contributed by atoms with Crippen molar-refractivity contribution in [3.05, 3.63) is 188 Å². The largest absolute Gasteiger partial charge is 0.228 e. The predicted molar refractivity (Wildman–Crippen MR) is 211 cm³/mol. The van der Waals surface area contributed by atoms with Crippen LogP contribution in [0.25, 0.3) is 90.0 Å². The van der Waals surface area contributed by atoms with E-state index in [1.807, 2.05) is 97.1 Å². The lowest BCUT2D eigenvalue weighted by Gasteiger charge is -2.16. The SMILES string of the molecule is c1ccc(-c2cc(-c3ccccc3)nc(-c3ccc4ccccc4c3-c3ccc(-c4nc(-c5ccccc5)nc(-c5ccccc5)n4)cc3)n2)cc1. The molecule has 0 radical (unpaired) electrons. The molecule has 0 N–H and O–H groups in total. The van der Waals surface area contributed by atoms with Crippen LogP contribution in [-0.2, 0) is 0 Å². The normalized spacial score (nSPS) is 11.1. The van der Waals surface area contributed by atoms with E-state index < -0.39 is 0 Å². The zero-order chi connectivity index (χ0) is 34.7. The van der Waals surface area contributed by atoms with E-state index in [-0.39, 0.29) is 0 Å². The molecule has 0 bridgehead atoms. The van der Waals surface area contributed by atoms with Crippen LogP contribution in [0.15, 0.2) is 188 Å². The van der Waals surface area contributed by atoms with Gasteiger partial charge < -0.3 is 0 Å². The quantitative estimate of drug-likeness (QED) is 0.169. The van der Waals surface area contributed by atoms with Gasteiger partial charge in [-0.2, -0.15) is 0 Å². The van der Waals surface area contributed by atoms with Crippen LogP contribution in [0, 0.1) is 0 Å². The second kappa shape index (κ2) is 13.7. The van der Waals surface area contributed by atoms with Gasteiger partial charge in [0.05, 0.1) is 11.4 Å². The summed E-state index contributed by atoms with van der Waals surface area (Å²) in [5.74, 6) is 2.55. The Labute approximate surface area is 302 Å². The Kier molecular flexibility index (Phi) is 8.12. The van der Waals surface area contributed by atoms with Crippen molar-refractivity contribution in [2.45, 2.75) is 0 Å². The van der Waals surface area contributed by atoms with E-state index in [0.717, 1.165) is 66.7 Å². The van der Waals surface area contributed by atoms with Crippen LogP contribution < -0.4 is 0 Å². The van der Waals surface area contributed by atoms with Crippen LogP contribution in [0.5, 0.6) is 0 Å². The van der Waals surface area contributed by atoms with E-state index in [0.29, 0.717) is 23.3 Å². The minimum atomic E-state index is 0.615. The lowest BCUT2D eigenvalue weighted by Crippen LogP contribution is -2.00. The van der Waals surface area contributed by atoms with E-state index in [9.17, 15) is 0 Å². The monoisotopic (exact) mass is 665 g/mol. The number of fused-ring (bicyclic) bond motifs is 1. The van der Waals surface area contributed by atoms with Crippen molar-refractivity contribution in [1.29, 1.82) is 0 Å². The molecule has 7 aromatic carbocycles. The van der Waals surface area contributed by atoms with Gasteiger partial charge in [0.1, 0.15) is 0 Å². The maximum Gasteiger partial charge on any atom is 0.164 e. The summed E-state index contributed by atoms with van der Waals surface area (Å²) in [7, 11) is 0. The molecule has 52 heavy (non-hydrogen) atoms. The molecule has 9 rings (SSSR count). The topological polar surface area (TPSA) is 64.5 Å². The van der Waals surface area contributed by atoms with Crippen LogP contribution in [0.2, 0.25) is 0 Å². The van der Waals surface area contributed by atoms with Crippen molar-refractivity contribution in [1.82, 2.24) is 24.9 Å². The fourth-order valence-corrected chi connectivity index (χ4v) is 6.57. The molecule has 5 heteroatoms. The highest BCUT2D eigenvalue weighted by Gasteiger charge is 2.18. The Hall–Kier alpha value is -7.11. The number of rotatable bonds is 7. The molecule has 244 valence electrons. The Balaban J connectivity index is 1.20. The Morgan fingerprint density at radius 2 is 0.673 bits per heavy atom. The molecule has 0 aliphatic rings. The van der Waals surface area contributed by atoms with E-state index >= 15 is 0 Å². The first-order chi connectivity index (χ1) is 25.8. The first-order valence-corrected chi connectivity index (χ1v) is 17.3. The van der Waals surface area contributed by atoms with Gasteiger partial charge in [-0.05, 0) is 28.5 Å². The third-order valence-electron chi connectivity index (χ3n) is 9.17. The highest BCUT2D eigenvalue weighted by Crippen LogP contribution is 2.39. The smallest absolute Gasteiger partial charge is 0.164 e. The molecule has 9 aromatic rings. The van der Waals surface area contributed by atoms with E-state index in [1.165, 1.54) is 0 Å². The van der Waals surface area contributed by atoms with Gasteiger partial charge in [-0.1, -0.05) is 176 Å². The molecule has 0 aliphatic carbocycles. The van der Waals surface area contributed by atoms with E-state index in [1.54, 1.807) is 0 Å². The molecule has 0 fully saturated rings. The number of aromatic nitrogens is 5. The zero-order valence-electron chi connectivity index (χ0n) is 28.1. The van der Waals surface area contributed by atoms with Gasteiger partial charge in [-0.25, -0.2) is 24.9 Å². The summed E-state index contributed by atoms with van der Waals surface area (Å²) >= 11 is 0.